The Bertz CT molecular complexity index is 1100. The normalized spacial score (nSPS) is 20.7. The van der Waals surface area contributed by atoms with E-state index >= 15 is 0 Å². The van der Waals surface area contributed by atoms with Crippen LogP contribution in [0.15, 0.2) is 21.9 Å². The fourth-order valence-electron chi connectivity index (χ4n) is 5.55. The summed E-state index contributed by atoms with van der Waals surface area (Å²) in [5.41, 5.74) is 5.28. The monoisotopic (exact) mass is 450 g/mol. The number of aliphatic imine (C=N–C) groups is 1. The van der Waals surface area contributed by atoms with E-state index in [9.17, 15) is 4.79 Å². The van der Waals surface area contributed by atoms with Gasteiger partial charge in [0.1, 0.15) is 0 Å². The summed E-state index contributed by atoms with van der Waals surface area (Å²) >= 11 is 0. The minimum Gasteiger partial charge on any atom is -0.493 e. The van der Waals surface area contributed by atoms with Gasteiger partial charge in [0.2, 0.25) is 5.95 Å². The number of aromatic amines is 1. The molecule has 0 spiro atoms. The first-order chi connectivity index (χ1) is 16.2. The lowest BCUT2D eigenvalue weighted by molar-refractivity contribution is 0.354. The summed E-state index contributed by atoms with van der Waals surface area (Å²) in [6.07, 6.45) is 9.50. The molecule has 7 heteroatoms. The third-order valence-electron chi connectivity index (χ3n) is 7.36. The van der Waals surface area contributed by atoms with Crippen LogP contribution in [0.1, 0.15) is 60.9 Å². The summed E-state index contributed by atoms with van der Waals surface area (Å²) in [4.78, 5) is 28.4. The molecule has 5 rings (SSSR count). The predicted molar refractivity (Wildman–Crippen MR) is 130 cm³/mol. The van der Waals surface area contributed by atoms with E-state index in [-0.39, 0.29) is 11.5 Å². The van der Waals surface area contributed by atoms with Gasteiger partial charge in [0, 0.05) is 42.4 Å². The van der Waals surface area contributed by atoms with E-state index in [4.69, 9.17) is 19.5 Å². The molecule has 0 radical (unpaired) electrons. The average molecular weight is 451 g/mol. The van der Waals surface area contributed by atoms with Crippen molar-refractivity contribution in [2.45, 2.75) is 57.8 Å². The molecule has 0 saturated carbocycles. The summed E-state index contributed by atoms with van der Waals surface area (Å²) in [5, 5.41) is 0. The van der Waals surface area contributed by atoms with Gasteiger partial charge in [-0.1, -0.05) is 19.3 Å². The molecule has 1 unspecified atom stereocenters. The van der Waals surface area contributed by atoms with Crippen LogP contribution in [0.4, 0.5) is 5.95 Å². The van der Waals surface area contributed by atoms with Gasteiger partial charge in [0.05, 0.1) is 19.9 Å². The number of nitrogens with one attached hydrogen (secondary N) is 1. The Kier molecular flexibility index (Phi) is 6.38. The number of H-pyrrole nitrogens is 1. The Balaban J connectivity index is 1.41. The van der Waals surface area contributed by atoms with Crippen LogP contribution in [0, 0.1) is 5.92 Å². The standard InChI is InChI=1S/C26H34N4O3/c1-32-22-15-17-10-11-27-24(19(17)16-23(22)33-2)18-8-9-21-20(14-18)25(31)29-26(28-21)30-12-6-4-3-5-7-13-30/h15-16,18H,3-14H2,1-2H3,(H,28,29,31). The fraction of sp³-hybridized carbons (Fsp3) is 0.577. The van der Waals surface area contributed by atoms with Crippen LogP contribution < -0.4 is 19.9 Å². The van der Waals surface area contributed by atoms with Gasteiger partial charge in [-0.3, -0.25) is 14.8 Å². The number of aryl methyl sites for hydroxylation is 1. The van der Waals surface area contributed by atoms with Crippen molar-refractivity contribution < 1.29 is 9.47 Å². The van der Waals surface area contributed by atoms with Crippen LogP contribution in [0.2, 0.25) is 0 Å². The number of hydrogen-bond donors (Lipinski definition) is 1. The summed E-state index contributed by atoms with van der Waals surface area (Å²) < 4.78 is 11.0. The Labute approximate surface area is 195 Å². The first-order valence-electron chi connectivity index (χ1n) is 12.3. The van der Waals surface area contributed by atoms with E-state index in [1.807, 2.05) is 0 Å². The highest BCUT2D eigenvalue weighted by molar-refractivity contribution is 6.05. The van der Waals surface area contributed by atoms with E-state index < -0.39 is 0 Å². The fourth-order valence-corrected chi connectivity index (χ4v) is 5.55. The van der Waals surface area contributed by atoms with Crippen molar-refractivity contribution in [2.75, 3.05) is 38.8 Å². The number of nitrogens with zero attached hydrogens (tertiary/aromatic N) is 3. The van der Waals surface area contributed by atoms with Gasteiger partial charge in [-0.05, 0) is 56.2 Å². The number of rotatable bonds is 4. The first kappa shape index (κ1) is 22.0. The molecule has 0 bridgehead atoms. The molecule has 0 amide bonds. The van der Waals surface area contributed by atoms with E-state index in [2.05, 4.69) is 22.0 Å². The highest BCUT2D eigenvalue weighted by Crippen LogP contribution is 2.36. The summed E-state index contributed by atoms with van der Waals surface area (Å²) in [6, 6.07) is 4.12. The van der Waals surface area contributed by atoms with Crippen molar-refractivity contribution in [2.24, 2.45) is 10.9 Å². The van der Waals surface area contributed by atoms with Gasteiger partial charge in [-0.2, -0.15) is 0 Å². The third-order valence-corrected chi connectivity index (χ3v) is 7.36. The minimum atomic E-state index is 0.0192. The topological polar surface area (TPSA) is 79.8 Å². The van der Waals surface area contributed by atoms with Crippen LogP contribution in [0.3, 0.4) is 0 Å². The zero-order chi connectivity index (χ0) is 22.8. The van der Waals surface area contributed by atoms with Crippen molar-refractivity contribution in [3.63, 3.8) is 0 Å². The second-order valence-corrected chi connectivity index (χ2v) is 9.39. The molecule has 2 aliphatic heterocycles. The Morgan fingerprint density at radius 3 is 2.48 bits per heavy atom. The first-order valence-corrected chi connectivity index (χ1v) is 12.3. The van der Waals surface area contributed by atoms with Crippen molar-refractivity contribution >= 4 is 11.7 Å². The number of benzene rings is 1. The Morgan fingerprint density at radius 1 is 1.00 bits per heavy atom. The van der Waals surface area contributed by atoms with Gasteiger partial charge in [0.15, 0.2) is 11.5 Å². The zero-order valence-corrected chi connectivity index (χ0v) is 19.8. The summed E-state index contributed by atoms with van der Waals surface area (Å²) in [6.45, 7) is 2.72. The molecule has 1 aliphatic carbocycles. The number of fused-ring (bicyclic) bond motifs is 2. The van der Waals surface area contributed by atoms with E-state index in [1.54, 1.807) is 14.2 Å². The predicted octanol–water partition coefficient (Wildman–Crippen LogP) is 3.71. The molecular formula is C26H34N4O3. The van der Waals surface area contributed by atoms with Crippen LogP contribution >= 0.6 is 0 Å². The van der Waals surface area contributed by atoms with Crippen molar-refractivity contribution in [1.82, 2.24) is 9.97 Å². The van der Waals surface area contributed by atoms with Crippen LogP contribution in [0.5, 0.6) is 11.5 Å². The van der Waals surface area contributed by atoms with E-state index in [1.165, 1.54) is 24.8 Å². The molecule has 1 fully saturated rings. The summed E-state index contributed by atoms with van der Waals surface area (Å²) in [7, 11) is 3.33. The third kappa shape index (κ3) is 4.37. The maximum absolute atomic E-state index is 13.1. The smallest absolute Gasteiger partial charge is 0.255 e. The van der Waals surface area contributed by atoms with E-state index in [0.29, 0.717) is 6.42 Å². The maximum Gasteiger partial charge on any atom is 0.255 e. The number of methoxy groups -OCH3 is 2. The number of ether oxygens (including phenoxy) is 2. The van der Waals surface area contributed by atoms with Crippen molar-refractivity contribution in [3.05, 3.63) is 44.9 Å². The van der Waals surface area contributed by atoms with Gasteiger partial charge in [-0.15, -0.1) is 0 Å². The number of hydrogen-bond acceptors (Lipinski definition) is 6. The quantitative estimate of drug-likeness (QED) is 0.768. The minimum absolute atomic E-state index is 0.0192. The summed E-state index contributed by atoms with van der Waals surface area (Å²) in [5.74, 6) is 2.45. The molecule has 3 heterocycles. The lowest BCUT2D eigenvalue weighted by Crippen LogP contribution is -2.35. The van der Waals surface area contributed by atoms with Gasteiger partial charge < -0.3 is 14.4 Å². The Hall–Kier alpha value is -2.83. The van der Waals surface area contributed by atoms with Crippen molar-refractivity contribution in [3.8, 4) is 11.5 Å². The SMILES string of the molecule is COc1cc2c(cc1OC)C(C1CCc3nc(N4CCCCCCC4)[nH]c(=O)c3C1)=NCC2. The van der Waals surface area contributed by atoms with Crippen molar-refractivity contribution in [1.29, 1.82) is 0 Å². The van der Waals surface area contributed by atoms with Gasteiger partial charge in [-0.25, -0.2) is 4.98 Å². The number of anilines is 1. The lowest BCUT2D eigenvalue weighted by Gasteiger charge is -2.30. The molecular weight excluding hydrogens is 416 g/mol. The molecule has 2 aromatic rings. The highest BCUT2D eigenvalue weighted by atomic mass is 16.5. The molecule has 1 aromatic carbocycles. The second kappa shape index (κ2) is 9.57. The zero-order valence-electron chi connectivity index (χ0n) is 19.8. The van der Waals surface area contributed by atoms with Crippen LogP contribution in [-0.4, -0.2) is 49.5 Å². The second-order valence-electron chi connectivity index (χ2n) is 9.39. The maximum atomic E-state index is 13.1. The lowest BCUT2D eigenvalue weighted by atomic mass is 9.79. The molecule has 1 N–H and O–H groups in total. The largest absolute Gasteiger partial charge is 0.493 e. The molecule has 3 aliphatic rings. The molecule has 1 aromatic heterocycles. The molecule has 176 valence electrons. The highest BCUT2D eigenvalue weighted by Gasteiger charge is 2.30. The van der Waals surface area contributed by atoms with E-state index in [0.717, 1.165) is 91.7 Å². The molecule has 33 heavy (non-hydrogen) atoms. The van der Waals surface area contributed by atoms with Crippen LogP contribution in [-0.2, 0) is 19.3 Å². The van der Waals surface area contributed by atoms with Crippen LogP contribution in [0.25, 0.3) is 0 Å². The number of aromatic nitrogens is 2. The molecule has 1 saturated heterocycles. The average Bonchev–Trinajstić information content (AvgIpc) is 2.82. The molecule has 1 atom stereocenters. The van der Waals surface area contributed by atoms with Gasteiger partial charge in [0.25, 0.3) is 5.56 Å². The Morgan fingerprint density at radius 2 is 1.73 bits per heavy atom. The van der Waals surface area contributed by atoms with Gasteiger partial charge >= 0.3 is 0 Å². The molecule has 7 nitrogen and oxygen atoms in total.